The SMILES string of the molecule is Nc1nnc(CCNC(=O)c2cc(Cl)ccc2Cl)o1. The van der Waals surface area contributed by atoms with E-state index in [2.05, 4.69) is 15.5 Å². The summed E-state index contributed by atoms with van der Waals surface area (Å²) in [4.78, 5) is 11.9. The van der Waals surface area contributed by atoms with Gasteiger partial charge in [0.1, 0.15) is 0 Å². The molecule has 0 aliphatic carbocycles. The summed E-state index contributed by atoms with van der Waals surface area (Å²) in [7, 11) is 0. The quantitative estimate of drug-likeness (QED) is 0.900. The highest BCUT2D eigenvalue weighted by molar-refractivity contribution is 6.35. The number of carbonyl (C=O) groups excluding carboxylic acids is 1. The summed E-state index contributed by atoms with van der Waals surface area (Å²) < 4.78 is 4.97. The summed E-state index contributed by atoms with van der Waals surface area (Å²) in [5.41, 5.74) is 5.60. The maximum atomic E-state index is 11.9. The summed E-state index contributed by atoms with van der Waals surface area (Å²) >= 11 is 11.7. The number of halogens is 2. The molecule has 100 valence electrons. The predicted octanol–water partition coefficient (Wildman–Crippen LogP) is 1.93. The van der Waals surface area contributed by atoms with E-state index in [1.54, 1.807) is 12.1 Å². The Hall–Kier alpha value is -1.79. The third-order valence-electron chi connectivity index (χ3n) is 2.28. The Morgan fingerprint density at radius 2 is 2.16 bits per heavy atom. The van der Waals surface area contributed by atoms with Crippen LogP contribution in [-0.2, 0) is 6.42 Å². The predicted molar refractivity (Wildman–Crippen MR) is 71.2 cm³/mol. The average Bonchev–Trinajstić information content (AvgIpc) is 2.78. The Labute approximate surface area is 118 Å². The van der Waals surface area contributed by atoms with Crippen molar-refractivity contribution in [2.75, 3.05) is 12.3 Å². The van der Waals surface area contributed by atoms with Crippen LogP contribution in [-0.4, -0.2) is 22.6 Å². The Bertz CT molecular complexity index is 600. The third kappa shape index (κ3) is 3.59. The van der Waals surface area contributed by atoms with Gasteiger partial charge in [0, 0.05) is 18.0 Å². The van der Waals surface area contributed by atoms with Crippen LogP contribution in [0.25, 0.3) is 0 Å². The number of hydrogen-bond acceptors (Lipinski definition) is 5. The first-order valence-electron chi connectivity index (χ1n) is 5.37. The Morgan fingerprint density at radius 3 is 2.84 bits per heavy atom. The zero-order valence-electron chi connectivity index (χ0n) is 9.69. The van der Waals surface area contributed by atoms with Gasteiger partial charge in [0.05, 0.1) is 10.6 Å². The minimum atomic E-state index is -0.319. The Kier molecular flexibility index (Phi) is 4.24. The molecule has 1 amide bonds. The molecule has 2 rings (SSSR count). The molecular weight excluding hydrogens is 291 g/mol. The van der Waals surface area contributed by atoms with Crippen LogP contribution in [0.5, 0.6) is 0 Å². The lowest BCUT2D eigenvalue weighted by Gasteiger charge is -2.05. The molecule has 0 radical (unpaired) electrons. The van der Waals surface area contributed by atoms with Gasteiger partial charge in [-0.3, -0.25) is 4.79 Å². The minimum absolute atomic E-state index is 0.000729. The lowest BCUT2D eigenvalue weighted by atomic mass is 10.2. The van der Waals surface area contributed by atoms with Crippen LogP contribution in [0.4, 0.5) is 6.01 Å². The number of nitrogens with zero attached hydrogens (tertiary/aromatic N) is 2. The van der Waals surface area contributed by atoms with Gasteiger partial charge in [0.25, 0.3) is 5.91 Å². The van der Waals surface area contributed by atoms with Crippen LogP contribution in [0.2, 0.25) is 10.0 Å². The molecule has 6 nitrogen and oxygen atoms in total. The second-order valence-corrected chi connectivity index (χ2v) is 4.51. The molecule has 1 heterocycles. The third-order valence-corrected chi connectivity index (χ3v) is 2.84. The summed E-state index contributed by atoms with van der Waals surface area (Å²) in [6.45, 7) is 0.323. The number of aromatic nitrogens is 2. The maximum Gasteiger partial charge on any atom is 0.312 e. The molecule has 0 saturated carbocycles. The topological polar surface area (TPSA) is 94.0 Å². The fourth-order valence-corrected chi connectivity index (χ4v) is 1.79. The van der Waals surface area contributed by atoms with Crippen molar-refractivity contribution in [2.45, 2.75) is 6.42 Å². The van der Waals surface area contributed by atoms with Gasteiger partial charge in [-0.05, 0) is 18.2 Å². The summed E-state index contributed by atoms with van der Waals surface area (Å²) in [6.07, 6.45) is 0.383. The van der Waals surface area contributed by atoms with Gasteiger partial charge >= 0.3 is 6.01 Å². The van der Waals surface area contributed by atoms with Gasteiger partial charge in [-0.2, -0.15) is 0 Å². The van der Waals surface area contributed by atoms with Crippen molar-refractivity contribution in [1.82, 2.24) is 15.5 Å². The van der Waals surface area contributed by atoms with Crippen LogP contribution in [0, 0.1) is 0 Å². The van der Waals surface area contributed by atoms with Crippen LogP contribution < -0.4 is 11.1 Å². The monoisotopic (exact) mass is 300 g/mol. The molecule has 0 fully saturated rings. The van der Waals surface area contributed by atoms with Crippen LogP contribution in [0.1, 0.15) is 16.2 Å². The fraction of sp³-hybridized carbons (Fsp3) is 0.182. The molecule has 0 bridgehead atoms. The number of carbonyl (C=O) groups is 1. The van der Waals surface area contributed by atoms with Gasteiger partial charge in [0.2, 0.25) is 5.89 Å². The van der Waals surface area contributed by atoms with Crippen LogP contribution in [0.3, 0.4) is 0 Å². The molecule has 0 aliphatic rings. The molecular formula is C11H10Cl2N4O2. The molecule has 3 N–H and O–H groups in total. The van der Waals surface area contributed by atoms with Gasteiger partial charge < -0.3 is 15.5 Å². The molecule has 0 saturated heterocycles. The van der Waals surface area contributed by atoms with E-state index in [0.717, 1.165) is 0 Å². The van der Waals surface area contributed by atoms with E-state index >= 15 is 0 Å². The zero-order chi connectivity index (χ0) is 13.8. The van der Waals surface area contributed by atoms with Gasteiger partial charge in [-0.1, -0.05) is 28.3 Å². The summed E-state index contributed by atoms with van der Waals surface area (Å²) in [6, 6.07) is 4.68. The molecule has 1 aromatic heterocycles. The molecule has 0 aliphatic heterocycles. The van der Waals surface area contributed by atoms with Crippen molar-refractivity contribution in [3.8, 4) is 0 Å². The van der Waals surface area contributed by atoms with E-state index < -0.39 is 0 Å². The van der Waals surface area contributed by atoms with Crippen molar-refractivity contribution >= 4 is 35.1 Å². The van der Waals surface area contributed by atoms with Crippen molar-refractivity contribution in [2.24, 2.45) is 0 Å². The van der Waals surface area contributed by atoms with E-state index in [-0.39, 0.29) is 11.9 Å². The second kappa shape index (κ2) is 5.90. The van der Waals surface area contributed by atoms with Crippen molar-refractivity contribution in [1.29, 1.82) is 0 Å². The van der Waals surface area contributed by atoms with E-state index in [0.29, 0.717) is 34.5 Å². The lowest BCUT2D eigenvalue weighted by molar-refractivity contribution is 0.0954. The first-order chi connectivity index (χ1) is 9.06. The van der Waals surface area contributed by atoms with Crippen molar-refractivity contribution in [3.63, 3.8) is 0 Å². The lowest BCUT2D eigenvalue weighted by Crippen LogP contribution is -2.26. The number of benzene rings is 1. The number of amides is 1. The number of nitrogen functional groups attached to an aromatic ring is 1. The Morgan fingerprint density at radius 1 is 1.37 bits per heavy atom. The highest BCUT2D eigenvalue weighted by Crippen LogP contribution is 2.20. The van der Waals surface area contributed by atoms with Crippen molar-refractivity contribution in [3.05, 3.63) is 39.7 Å². The number of anilines is 1. The van der Waals surface area contributed by atoms with E-state index in [9.17, 15) is 4.79 Å². The molecule has 19 heavy (non-hydrogen) atoms. The normalized spacial score (nSPS) is 10.4. The number of hydrogen-bond donors (Lipinski definition) is 2. The molecule has 0 spiro atoms. The number of rotatable bonds is 4. The van der Waals surface area contributed by atoms with Gasteiger partial charge in [-0.15, -0.1) is 5.10 Å². The molecule has 1 aromatic carbocycles. The fourth-order valence-electron chi connectivity index (χ4n) is 1.42. The molecule has 8 heteroatoms. The standard InChI is InChI=1S/C11H10Cl2N4O2/c12-6-1-2-8(13)7(5-6)10(18)15-4-3-9-16-17-11(14)19-9/h1-2,5H,3-4H2,(H2,14,17)(H,15,18). The first kappa shape index (κ1) is 13.6. The first-order valence-corrected chi connectivity index (χ1v) is 6.13. The zero-order valence-corrected chi connectivity index (χ0v) is 11.2. The maximum absolute atomic E-state index is 11.9. The highest BCUT2D eigenvalue weighted by Gasteiger charge is 2.11. The number of nitrogens with one attached hydrogen (secondary N) is 1. The van der Waals surface area contributed by atoms with Crippen molar-refractivity contribution < 1.29 is 9.21 Å². The molecule has 2 aromatic rings. The highest BCUT2D eigenvalue weighted by atomic mass is 35.5. The minimum Gasteiger partial charge on any atom is -0.408 e. The number of nitrogens with two attached hydrogens (primary N) is 1. The van der Waals surface area contributed by atoms with E-state index in [1.807, 2.05) is 0 Å². The van der Waals surface area contributed by atoms with Crippen LogP contribution >= 0.6 is 23.2 Å². The summed E-state index contributed by atoms with van der Waals surface area (Å²) in [5, 5.41) is 10.6. The summed E-state index contributed by atoms with van der Waals surface area (Å²) in [5.74, 6) is 0.0370. The Balaban J connectivity index is 1.92. The molecule has 0 unspecified atom stereocenters. The van der Waals surface area contributed by atoms with E-state index in [4.69, 9.17) is 33.4 Å². The van der Waals surface area contributed by atoms with Crippen LogP contribution in [0.15, 0.2) is 22.6 Å². The second-order valence-electron chi connectivity index (χ2n) is 3.66. The molecule has 0 atom stereocenters. The smallest absolute Gasteiger partial charge is 0.312 e. The van der Waals surface area contributed by atoms with E-state index in [1.165, 1.54) is 6.07 Å². The van der Waals surface area contributed by atoms with Gasteiger partial charge in [-0.25, -0.2) is 0 Å². The van der Waals surface area contributed by atoms with Gasteiger partial charge in [0.15, 0.2) is 0 Å². The largest absolute Gasteiger partial charge is 0.408 e. The average molecular weight is 301 g/mol.